The molecule has 0 radical (unpaired) electrons. The first-order valence-electron chi connectivity index (χ1n) is 4.03. The number of aliphatic carboxylic acids is 1. The lowest BCUT2D eigenvalue weighted by molar-refractivity contribution is -0.162. The zero-order valence-electron chi connectivity index (χ0n) is 7.64. The normalized spacial score (nSPS) is 30.0. The van der Waals surface area contributed by atoms with Crippen LogP contribution in [-0.2, 0) is 14.3 Å². The van der Waals surface area contributed by atoms with E-state index >= 15 is 0 Å². The van der Waals surface area contributed by atoms with Crippen LogP contribution in [0.15, 0.2) is 24.3 Å². The summed E-state index contributed by atoms with van der Waals surface area (Å²) >= 11 is 0. The molecule has 0 aromatic rings. The maximum atomic E-state index is 10.8. The van der Waals surface area contributed by atoms with Crippen molar-refractivity contribution in [1.82, 2.24) is 0 Å². The van der Waals surface area contributed by atoms with Crippen molar-refractivity contribution in [3.63, 3.8) is 0 Å². The van der Waals surface area contributed by atoms with E-state index < -0.39 is 23.6 Å². The molecule has 0 fully saturated rings. The Labute approximate surface area is 80.8 Å². The number of rotatable bonds is 2. The Bertz CT molecular complexity index is 321. The molecule has 2 atom stereocenters. The molecular weight excluding hydrogens is 186 g/mol. The maximum absolute atomic E-state index is 10.8. The third-order valence-corrected chi connectivity index (χ3v) is 1.84. The molecule has 3 N–H and O–H groups in total. The lowest BCUT2D eigenvalue weighted by Gasteiger charge is -2.31. The number of carboxylic acid groups (broad SMARTS) is 1. The van der Waals surface area contributed by atoms with E-state index in [2.05, 4.69) is 0 Å². The summed E-state index contributed by atoms with van der Waals surface area (Å²) in [4.78, 5) is 21.5. The minimum absolute atomic E-state index is 0.612. The van der Waals surface area contributed by atoms with Crippen molar-refractivity contribution in [2.24, 2.45) is 11.7 Å². The van der Waals surface area contributed by atoms with Crippen molar-refractivity contribution >= 4 is 11.9 Å². The largest absolute Gasteiger partial charge is 0.481 e. The third kappa shape index (κ3) is 2.00. The maximum Gasteiger partial charge on any atom is 0.316 e. The number of hydrogen-bond acceptors (Lipinski definition) is 4. The van der Waals surface area contributed by atoms with Crippen molar-refractivity contribution in [3.05, 3.63) is 24.3 Å². The van der Waals surface area contributed by atoms with E-state index in [1.165, 1.54) is 19.1 Å². The minimum atomic E-state index is -1.58. The van der Waals surface area contributed by atoms with Gasteiger partial charge >= 0.3 is 11.9 Å². The summed E-state index contributed by atoms with van der Waals surface area (Å²) < 4.78 is 4.77. The van der Waals surface area contributed by atoms with Gasteiger partial charge in [0.15, 0.2) is 5.72 Å². The summed E-state index contributed by atoms with van der Waals surface area (Å²) in [5, 5.41) is 8.83. The first-order chi connectivity index (χ1) is 6.46. The molecule has 0 spiro atoms. The molecule has 0 heterocycles. The minimum Gasteiger partial charge on any atom is -0.481 e. The summed E-state index contributed by atoms with van der Waals surface area (Å²) in [6, 6.07) is 0. The fourth-order valence-corrected chi connectivity index (χ4v) is 1.26. The van der Waals surface area contributed by atoms with E-state index in [9.17, 15) is 9.59 Å². The molecule has 1 aliphatic rings. The third-order valence-electron chi connectivity index (χ3n) is 1.84. The van der Waals surface area contributed by atoms with Crippen LogP contribution in [0.5, 0.6) is 0 Å². The highest BCUT2D eigenvalue weighted by Gasteiger charge is 2.40. The first kappa shape index (κ1) is 10.5. The van der Waals surface area contributed by atoms with Gasteiger partial charge < -0.3 is 9.84 Å². The average Bonchev–Trinajstić information content (AvgIpc) is 2.01. The molecule has 0 aromatic heterocycles. The van der Waals surface area contributed by atoms with Crippen molar-refractivity contribution in [3.8, 4) is 0 Å². The quantitative estimate of drug-likeness (QED) is 0.481. The Balaban J connectivity index is 2.93. The highest BCUT2D eigenvalue weighted by molar-refractivity contribution is 5.76. The highest BCUT2D eigenvalue weighted by Crippen LogP contribution is 2.23. The summed E-state index contributed by atoms with van der Waals surface area (Å²) in [6.07, 6.45) is 5.83. The lowest BCUT2D eigenvalue weighted by atomic mass is 9.92. The zero-order valence-corrected chi connectivity index (χ0v) is 7.64. The van der Waals surface area contributed by atoms with Crippen LogP contribution in [0.25, 0.3) is 0 Å². The van der Waals surface area contributed by atoms with Gasteiger partial charge in [0, 0.05) is 6.92 Å². The molecule has 0 bridgehead atoms. The van der Waals surface area contributed by atoms with Crippen molar-refractivity contribution in [2.75, 3.05) is 0 Å². The second-order valence-electron chi connectivity index (χ2n) is 3.01. The van der Waals surface area contributed by atoms with Crippen molar-refractivity contribution in [2.45, 2.75) is 12.6 Å². The standard InChI is InChI=1S/C9H11NO4/c1-6(11)14-9(10)5-3-2-4-7(9)8(12)13/h2-5,7H,10H2,1H3,(H,12,13). The fraction of sp³-hybridized carbons (Fsp3) is 0.333. The van der Waals surface area contributed by atoms with Gasteiger partial charge in [-0.05, 0) is 6.08 Å². The highest BCUT2D eigenvalue weighted by atomic mass is 16.6. The Morgan fingerprint density at radius 3 is 2.64 bits per heavy atom. The molecule has 0 aromatic carbocycles. The van der Waals surface area contributed by atoms with Gasteiger partial charge in [0.2, 0.25) is 0 Å². The van der Waals surface area contributed by atoms with Crippen LogP contribution in [0, 0.1) is 5.92 Å². The molecule has 5 nitrogen and oxygen atoms in total. The van der Waals surface area contributed by atoms with Crippen LogP contribution in [0.4, 0.5) is 0 Å². The molecule has 76 valence electrons. The van der Waals surface area contributed by atoms with E-state index in [0.29, 0.717) is 0 Å². The predicted octanol–water partition coefficient (Wildman–Crippen LogP) is 0.0313. The Morgan fingerprint density at radius 1 is 1.50 bits per heavy atom. The topological polar surface area (TPSA) is 89.6 Å². The van der Waals surface area contributed by atoms with Gasteiger partial charge in [0.05, 0.1) is 0 Å². The van der Waals surface area contributed by atoms with Gasteiger partial charge in [-0.25, -0.2) is 0 Å². The summed E-state index contributed by atoms with van der Waals surface area (Å²) in [7, 11) is 0. The SMILES string of the molecule is CC(=O)OC1(N)C=CC=CC1C(=O)O. The van der Waals surface area contributed by atoms with Gasteiger partial charge in [-0.2, -0.15) is 0 Å². The van der Waals surface area contributed by atoms with E-state index in [0.717, 1.165) is 0 Å². The average molecular weight is 197 g/mol. The number of nitrogens with two attached hydrogens (primary N) is 1. The second-order valence-corrected chi connectivity index (χ2v) is 3.01. The van der Waals surface area contributed by atoms with Gasteiger partial charge in [-0.3, -0.25) is 15.3 Å². The van der Waals surface area contributed by atoms with E-state index in [-0.39, 0.29) is 0 Å². The monoisotopic (exact) mass is 197 g/mol. The zero-order chi connectivity index (χ0) is 10.8. The Hall–Kier alpha value is -1.62. The molecule has 0 saturated carbocycles. The van der Waals surface area contributed by atoms with Gasteiger partial charge in [0.25, 0.3) is 0 Å². The van der Waals surface area contributed by atoms with Crippen molar-refractivity contribution < 1.29 is 19.4 Å². The second kappa shape index (κ2) is 3.63. The van der Waals surface area contributed by atoms with Crippen LogP contribution in [0.3, 0.4) is 0 Å². The summed E-state index contributed by atoms with van der Waals surface area (Å²) in [5.41, 5.74) is 4.07. The molecule has 0 aliphatic heterocycles. The predicted molar refractivity (Wildman–Crippen MR) is 48.1 cm³/mol. The Kier molecular flexibility index (Phi) is 2.71. The molecule has 14 heavy (non-hydrogen) atoms. The number of carbonyl (C=O) groups excluding carboxylic acids is 1. The van der Waals surface area contributed by atoms with Crippen LogP contribution < -0.4 is 5.73 Å². The van der Waals surface area contributed by atoms with Crippen LogP contribution in [-0.4, -0.2) is 22.8 Å². The van der Waals surface area contributed by atoms with Crippen LogP contribution in [0.2, 0.25) is 0 Å². The van der Waals surface area contributed by atoms with Crippen LogP contribution >= 0.6 is 0 Å². The molecular formula is C9H11NO4. The number of ether oxygens (including phenoxy) is 1. The van der Waals surface area contributed by atoms with Gasteiger partial charge in [-0.1, -0.05) is 18.2 Å². The van der Waals surface area contributed by atoms with Gasteiger partial charge in [-0.15, -0.1) is 0 Å². The number of hydrogen-bond donors (Lipinski definition) is 2. The summed E-state index contributed by atoms with van der Waals surface area (Å²) in [5.74, 6) is -2.79. The summed E-state index contributed by atoms with van der Waals surface area (Å²) in [6.45, 7) is 1.18. The van der Waals surface area contributed by atoms with Crippen LogP contribution in [0.1, 0.15) is 6.92 Å². The molecule has 2 unspecified atom stereocenters. The number of allylic oxidation sites excluding steroid dienone is 2. The number of esters is 1. The lowest BCUT2D eigenvalue weighted by Crippen LogP contribution is -2.52. The molecule has 0 saturated heterocycles. The fourth-order valence-electron chi connectivity index (χ4n) is 1.26. The van der Waals surface area contributed by atoms with Gasteiger partial charge in [0.1, 0.15) is 5.92 Å². The van der Waals surface area contributed by atoms with E-state index in [1.807, 2.05) is 0 Å². The molecule has 0 amide bonds. The van der Waals surface area contributed by atoms with Crippen molar-refractivity contribution in [1.29, 1.82) is 0 Å². The first-order valence-corrected chi connectivity index (χ1v) is 4.03. The smallest absolute Gasteiger partial charge is 0.316 e. The van der Waals surface area contributed by atoms with E-state index in [4.69, 9.17) is 15.6 Å². The molecule has 1 rings (SSSR count). The molecule has 5 heteroatoms. The molecule has 1 aliphatic carbocycles. The number of carbonyl (C=O) groups is 2. The van der Waals surface area contributed by atoms with E-state index in [1.54, 1.807) is 12.2 Å². The number of carboxylic acids is 1. The Morgan fingerprint density at radius 2 is 2.14 bits per heavy atom.